The highest BCUT2D eigenvalue weighted by atomic mass is 31.2. The van der Waals surface area contributed by atoms with Crippen molar-refractivity contribution in [3.63, 3.8) is 0 Å². The van der Waals surface area contributed by atoms with Crippen LogP contribution >= 0.6 is 8.53 Å². The van der Waals surface area contributed by atoms with Gasteiger partial charge in [-0.05, 0) is 71.0 Å². The minimum atomic E-state index is -1.44. The summed E-state index contributed by atoms with van der Waals surface area (Å²) in [5, 5.41) is 11.4. The molecule has 0 aliphatic heterocycles. The summed E-state index contributed by atoms with van der Waals surface area (Å²) in [6.45, 7) is 18.1. The maximum Gasteiger partial charge on any atom is 0.259 e. The van der Waals surface area contributed by atoms with Gasteiger partial charge in [0.2, 0.25) is 6.54 Å². The number of azo groups is 1. The van der Waals surface area contributed by atoms with E-state index in [1.54, 1.807) is 31.4 Å². The van der Waals surface area contributed by atoms with Crippen LogP contribution in [0.15, 0.2) is 64.8 Å². The van der Waals surface area contributed by atoms with E-state index in [1.165, 1.54) is 0 Å². The molecule has 0 aliphatic rings. The molecule has 0 aliphatic carbocycles. The summed E-state index contributed by atoms with van der Waals surface area (Å²) in [5.41, 5.74) is 1.90. The molecular weight excluding hydrogens is 489 g/mol. The molecule has 1 unspecified atom stereocenters. The van der Waals surface area contributed by atoms with Gasteiger partial charge in [0.15, 0.2) is 0 Å². The van der Waals surface area contributed by atoms with E-state index in [1.807, 2.05) is 37.3 Å². The molecule has 0 saturated heterocycles. The molecule has 1 N–H and O–H groups in total. The third-order valence-corrected chi connectivity index (χ3v) is 7.52. The minimum absolute atomic E-state index is 0.180. The van der Waals surface area contributed by atoms with Crippen molar-refractivity contribution in [2.75, 3.05) is 26.9 Å². The summed E-state index contributed by atoms with van der Waals surface area (Å²) in [4.78, 5) is 16.4. The molecule has 0 heterocycles. The number of amides is 1. The molecule has 10 heteroatoms. The number of rotatable bonds is 15. The molecule has 2 aromatic carbocycles. The van der Waals surface area contributed by atoms with E-state index in [-0.39, 0.29) is 37.7 Å². The molecule has 2 rings (SSSR count). The van der Waals surface area contributed by atoms with Gasteiger partial charge in [-0.1, -0.05) is 18.2 Å². The number of hydrogen-bond acceptors (Lipinski definition) is 7. The summed E-state index contributed by atoms with van der Waals surface area (Å²) in [7, 11) is 0.141. The van der Waals surface area contributed by atoms with Crippen LogP contribution in [-0.2, 0) is 13.8 Å². The van der Waals surface area contributed by atoms with Crippen LogP contribution in [0.25, 0.3) is 4.85 Å². The minimum Gasteiger partial charge on any atom is -0.382 e. The van der Waals surface area contributed by atoms with Gasteiger partial charge >= 0.3 is 0 Å². The van der Waals surface area contributed by atoms with Crippen LogP contribution in [0.2, 0.25) is 0 Å². The van der Waals surface area contributed by atoms with Crippen molar-refractivity contribution < 1.29 is 18.6 Å². The second-order valence-electron chi connectivity index (χ2n) is 8.95. The third kappa shape index (κ3) is 10.3. The molecule has 0 bridgehead atoms. The highest BCUT2D eigenvalue weighted by molar-refractivity contribution is 7.44. The normalized spacial score (nSPS) is 14.2. The smallest absolute Gasteiger partial charge is 0.259 e. The Morgan fingerprint density at radius 1 is 1.00 bits per heavy atom. The fourth-order valence-corrected chi connectivity index (χ4v) is 5.25. The monoisotopic (exact) mass is 527 g/mol. The first-order chi connectivity index (χ1) is 17.8. The van der Waals surface area contributed by atoms with Crippen LogP contribution in [0.4, 0.5) is 11.4 Å². The Labute approximate surface area is 222 Å². The lowest BCUT2D eigenvalue weighted by Crippen LogP contribution is -2.46. The lowest BCUT2D eigenvalue weighted by molar-refractivity contribution is 0.0647. The highest BCUT2D eigenvalue weighted by Gasteiger charge is 2.32. The van der Waals surface area contributed by atoms with Gasteiger partial charge in [-0.2, -0.15) is 10.2 Å². The Kier molecular flexibility index (Phi) is 13.3. The quantitative estimate of drug-likeness (QED) is 0.123. The fraction of sp³-hybridized carbons (Fsp3) is 0.481. The van der Waals surface area contributed by atoms with Gasteiger partial charge in [-0.25, -0.2) is 11.2 Å². The average molecular weight is 528 g/mol. The SMILES string of the molecule is [C-]#[N+]CCOP(O[C@@H](C)[C@H](COC)NC(=O)c1ccc(N=Nc2ccccc2)cc1)N(C(C)C)C(C)C. The van der Waals surface area contributed by atoms with E-state index in [2.05, 4.69) is 52.8 Å². The number of carbonyl (C=O) groups is 1. The molecule has 9 nitrogen and oxygen atoms in total. The zero-order valence-electron chi connectivity index (χ0n) is 22.5. The van der Waals surface area contributed by atoms with Crippen molar-refractivity contribution in [2.24, 2.45) is 10.2 Å². The van der Waals surface area contributed by atoms with Gasteiger partial charge in [-0.3, -0.25) is 4.79 Å². The van der Waals surface area contributed by atoms with Gasteiger partial charge in [0, 0.05) is 24.8 Å². The number of benzene rings is 2. The summed E-state index contributed by atoms with van der Waals surface area (Å²) in [6, 6.07) is 16.3. The van der Waals surface area contributed by atoms with Crippen molar-refractivity contribution in [3.8, 4) is 0 Å². The Bertz CT molecular complexity index is 1000. The molecule has 2 aromatic rings. The van der Waals surface area contributed by atoms with Crippen molar-refractivity contribution in [3.05, 3.63) is 71.6 Å². The van der Waals surface area contributed by atoms with Crippen molar-refractivity contribution in [1.29, 1.82) is 0 Å². The van der Waals surface area contributed by atoms with Crippen LogP contribution in [0, 0.1) is 6.57 Å². The standard InChI is InChI=1S/C27H38N5O4P/c1-20(2)32(21(3)4)37(35-18-17-28-6)36-22(5)26(19-34-7)29-27(33)23-13-15-25(16-14-23)31-30-24-11-9-8-10-12-24/h8-16,20-22,26H,17-19H2,1-5,7H3,(H,29,33)/t22-,26-,37?/m0/s1. The Morgan fingerprint density at radius 3 is 2.14 bits per heavy atom. The summed E-state index contributed by atoms with van der Waals surface area (Å²) in [5.74, 6) is -0.244. The zero-order chi connectivity index (χ0) is 27.2. The third-order valence-electron chi connectivity index (χ3n) is 5.30. The summed E-state index contributed by atoms with van der Waals surface area (Å²) < 4.78 is 19.9. The van der Waals surface area contributed by atoms with Gasteiger partial charge in [0.25, 0.3) is 14.4 Å². The number of carbonyl (C=O) groups excluding carboxylic acids is 1. The maximum atomic E-state index is 13.0. The number of nitrogens with one attached hydrogen (secondary N) is 1. The highest BCUT2D eigenvalue weighted by Crippen LogP contribution is 2.47. The molecule has 0 aromatic heterocycles. The topological polar surface area (TPSA) is 89.1 Å². The van der Waals surface area contributed by atoms with E-state index in [0.29, 0.717) is 11.3 Å². The van der Waals surface area contributed by atoms with Gasteiger partial charge in [0.1, 0.15) is 6.61 Å². The van der Waals surface area contributed by atoms with Crippen LogP contribution < -0.4 is 5.32 Å². The summed E-state index contributed by atoms with van der Waals surface area (Å²) >= 11 is 0. The van der Waals surface area contributed by atoms with Crippen LogP contribution in [0.5, 0.6) is 0 Å². The molecule has 37 heavy (non-hydrogen) atoms. The molecule has 1 amide bonds. The number of hydrogen-bond donors (Lipinski definition) is 1. The first-order valence-corrected chi connectivity index (χ1v) is 13.5. The largest absolute Gasteiger partial charge is 0.382 e. The first-order valence-electron chi connectivity index (χ1n) is 12.3. The van der Waals surface area contributed by atoms with Gasteiger partial charge in [-0.15, -0.1) is 0 Å². The Hall–Kier alpha value is -2.73. The molecule has 200 valence electrons. The average Bonchev–Trinajstić information content (AvgIpc) is 2.87. The number of methoxy groups -OCH3 is 1. The maximum absolute atomic E-state index is 13.0. The lowest BCUT2D eigenvalue weighted by atomic mass is 10.1. The molecule has 0 radical (unpaired) electrons. The molecule has 3 atom stereocenters. The van der Waals surface area contributed by atoms with Crippen LogP contribution in [-0.4, -0.2) is 61.7 Å². The number of ether oxygens (including phenoxy) is 1. The van der Waals surface area contributed by atoms with Crippen LogP contribution in [0.1, 0.15) is 45.0 Å². The second-order valence-corrected chi connectivity index (χ2v) is 10.4. The van der Waals surface area contributed by atoms with Crippen molar-refractivity contribution in [2.45, 2.75) is 58.8 Å². The van der Waals surface area contributed by atoms with E-state index >= 15 is 0 Å². The van der Waals surface area contributed by atoms with E-state index < -0.39 is 20.7 Å². The summed E-state index contributed by atoms with van der Waals surface area (Å²) in [6.07, 6.45) is -0.401. The first kappa shape index (κ1) is 30.5. The predicted molar refractivity (Wildman–Crippen MR) is 147 cm³/mol. The van der Waals surface area contributed by atoms with Crippen molar-refractivity contribution >= 4 is 25.8 Å². The number of nitrogens with zero attached hydrogens (tertiary/aromatic N) is 4. The van der Waals surface area contributed by atoms with E-state index in [4.69, 9.17) is 20.4 Å². The van der Waals surface area contributed by atoms with E-state index in [9.17, 15) is 4.79 Å². The second kappa shape index (κ2) is 16.2. The molecule has 0 fully saturated rings. The zero-order valence-corrected chi connectivity index (χ0v) is 23.4. The van der Waals surface area contributed by atoms with E-state index in [0.717, 1.165) is 5.69 Å². The van der Waals surface area contributed by atoms with Gasteiger partial charge in [0.05, 0.1) is 30.1 Å². The van der Waals surface area contributed by atoms with Gasteiger partial charge < -0.3 is 23.9 Å². The Morgan fingerprint density at radius 2 is 1.59 bits per heavy atom. The fourth-order valence-electron chi connectivity index (χ4n) is 3.52. The lowest BCUT2D eigenvalue weighted by Gasteiger charge is -2.38. The van der Waals surface area contributed by atoms with Crippen molar-refractivity contribution in [1.82, 2.24) is 9.99 Å². The van der Waals surface area contributed by atoms with Crippen LogP contribution in [0.3, 0.4) is 0 Å². The molecule has 0 saturated carbocycles. The predicted octanol–water partition coefficient (Wildman–Crippen LogP) is 6.53. The molecule has 0 spiro atoms. The Balaban J connectivity index is 2.08. The molecular formula is C27H38N5O4P.